The first-order valence-corrected chi connectivity index (χ1v) is 5.45. The quantitative estimate of drug-likeness (QED) is 0.916. The lowest BCUT2D eigenvalue weighted by molar-refractivity contribution is 0.439. The van der Waals surface area contributed by atoms with Crippen LogP contribution in [0, 0.1) is 5.82 Å². The predicted octanol–water partition coefficient (Wildman–Crippen LogP) is 2.81. The zero-order valence-electron chi connectivity index (χ0n) is 9.37. The van der Waals surface area contributed by atoms with Gasteiger partial charge in [0, 0.05) is 5.02 Å². The molecule has 2 rings (SSSR count). The molecule has 1 atom stereocenters. The summed E-state index contributed by atoms with van der Waals surface area (Å²) in [5.41, 5.74) is 0.247. The fraction of sp³-hybridized carbons (Fsp3) is 0.273. The van der Waals surface area contributed by atoms with Gasteiger partial charge in [-0.3, -0.25) is 0 Å². The third kappa shape index (κ3) is 2.45. The maximum absolute atomic E-state index is 13.6. The molecule has 0 aliphatic rings. The zero-order chi connectivity index (χ0) is 12.4. The molecule has 0 spiro atoms. The summed E-state index contributed by atoms with van der Waals surface area (Å²) in [6.07, 6.45) is 0. The topological polar surface area (TPSA) is 51.0 Å². The van der Waals surface area contributed by atoms with Crippen LogP contribution in [-0.2, 0) is 0 Å². The van der Waals surface area contributed by atoms with Crippen LogP contribution in [0.4, 0.5) is 4.39 Å². The van der Waals surface area contributed by atoms with Crippen molar-refractivity contribution >= 4 is 11.6 Å². The SMILES string of the molecule is CNC(C)c1nnc(-c2ccc(Cl)cc2F)o1. The smallest absolute Gasteiger partial charge is 0.250 e. The van der Waals surface area contributed by atoms with Crippen LogP contribution in [0.3, 0.4) is 0 Å². The maximum Gasteiger partial charge on any atom is 0.250 e. The van der Waals surface area contributed by atoms with Gasteiger partial charge in [0.05, 0.1) is 11.6 Å². The minimum absolute atomic E-state index is 0.0772. The number of rotatable bonds is 3. The van der Waals surface area contributed by atoms with Crippen LogP contribution in [0.1, 0.15) is 18.9 Å². The molecule has 0 aliphatic carbocycles. The third-order valence-electron chi connectivity index (χ3n) is 2.41. The van der Waals surface area contributed by atoms with Gasteiger partial charge < -0.3 is 9.73 Å². The van der Waals surface area contributed by atoms with E-state index in [4.69, 9.17) is 16.0 Å². The van der Waals surface area contributed by atoms with Gasteiger partial charge in [0.2, 0.25) is 5.89 Å². The Morgan fingerprint density at radius 3 is 2.82 bits per heavy atom. The summed E-state index contributed by atoms with van der Waals surface area (Å²) >= 11 is 5.67. The Morgan fingerprint density at radius 2 is 2.18 bits per heavy atom. The molecule has 1 heterocycles. The Hall–Kier alpha value is -1.46. The van der Waals surface area contributed by atoms with Crippen molar-refractivity contribution in [1.29, 1.82) is 0 Å². The first kappa shape index (κ1) is 12.0. The molecule has 6 heteroatoms. The number of benzene rings is 1. The summed E-state index contributed by atoms with van der Waals surface area (Å²) in [6.45, 7) is 1.87. The Bertz CT molecular complexity index is 529. The van der Waals surface area contributed by atoms with E-state index in [1.807, 2.05) is 6.92 Å². The van der Waals surface area contributed by atoms with Crippen LogP contribution in [0.5, 0.6) is 0 Å². The van der Waals surface area contributed by atoms with Crippen LogP contribution in [0.15, 0.2) is 22.6 Å². The molecule has 0 aliphatic heterocycles. The third-order valence-corrected chi connectivity index (χ3v) is 2.64. The minimum Gasteiger partial charge on any atom is -0.419 e. The van der Waals surface area contributed by atoms with Crippen molar-refractivity contribution in [3.63, 3.8) is 0 Å². The molecule has 0 radical (unpaired) electrons. The molecular formula is C11H11ClFN3O. The number of hydrogen-bond acceptors (Lipinski definition) is 4. The van der Waals surface area contributed by atoms with Gasteiger partial charge in [-0.05, 0) is 32.2 Å². The van der Waals surface area contributed by atoms with Gasteiger partial charge in [-0.2, -0.15) is 0 Å². The lowest BCUT2D eigenvalue weighted by Gasteiger charge is -2.02. The van der Waals surface area contributed by atoms with E-state index in [0.29, 0.717) is 10.9 Å². The molecule has 1 N–H and O–H groups in total. The van der Waals surface area contributed by atoms with Gasteiger partial charge in [-0.15, -0.1) is 10.2 Å². The maximum atomic E-state index is 13.6. The van der Waals surface area contributed by atoms with Crippen LogP contribution < -0.4 is 5.32 Å². The van der Waals surface area contributed by atoms with E-state index in [9.17, 15) is 4.39 Å². The molecule has 1 aromatic heterocycles. The number of nitrogens with zero attached hydrogens (tertiary/aromatic N) is 2. The highest BCUT2D eigenvalue weighted by Crippen LogP contribution is 2.25. The lowest BCUT2D eigenvalue weighted by Crippen LogP contribution is -2.12. The number of nitrogens with one attached hydrogen (secondary N) is 1. The van der Waals surface area contributed by atoms with Crippen LogP contribution in [-0.4, -0.2) is 17.2 Å². The fourth-order valence-corrected chi connectivity index (χ4v) is 1.46. The second kappa shape index (κ2) is 4.81. The summed E-state index contributed by atoms with van der Waals surface area (Å²) in [5.74, 6) is 0.0814. The number of halogens is 2. The number of hydrogen-bond donors (Lipinski definition) is 1. The Balaban J connectivity index is 2.37. The standard InChI is InChI=1S/C11H11ClFN3O/c1-6(14-2)10-15-16-11(17-10)8-4-3-7(12)5-9(8)13/h3-6,14H,1-2H3. The molecule has 17 heavy (non-hydrogen) atoms. The van der Waals surface area contributed by atoms with E-state index in [1.54, 1.807) is 13.1 Å². The van der Waals surface area contributed by atoms with Crippen molar-refractivity contribution in [3.8, 4) is 11.5 Å². The Morgan fingerprint density at radius 1 is 1.41 bits per heavy atom. The van der Waals surface area contributed by atoms with E-state index < -0.39 is 5.82 Å². The number of aromatic nitrogens is 2. The van der Waals surface area contributed by atoms with Gasteiger partial charge in [0.15, 0.2) is 0 Å². The molecule has 0 bridgehead atoms. The average molecular weight is 256 g/mol. The average Bonchev–Trinajstić information content (AvgIpc) is 2.77. The minimum atomic E-state index is -0.482. The molecule has 0 fully saturated rings. The monoisotopic (exact) mass is 255 g/mol. The molecular weight excluding hydrogens is 245 g/mol. The normalized spacial score (nSPS) is 12.7. The van der Waals surface area contributed by atoms with Crippen molar-refractivity contribution in [2.24, 2.45) is 0 Å². The van der Waals surface area contributed by atoms with Crippen LogP contribution in [0.2, 0.25) is 5.02 Å². The highest BCUT2D eigenvalue weighted by Gasteiger charge is 2.16. The zero-order valence-corrected chi connectivity index (χ0v) is 10.1. The lowest BCUT2D eigenvalue weighted by atomic mass is 10.2. The van der Waals surface area contributed by atoms with Gasteiger partial charge in [0.25, 0.3) is 5.89 Å². The van der Waals surface area contributed by atoms with Crippen LogP contribution >= 0.6 is 11.6 Å². The van der Waals surface area contributed by atoms with E-state index in [0.717, 1.165) is 0 Å². The summed E-state index contributed by atoms with van der Waals surface area (Å²) in [6, 6.07) is 4.22. The second-order valence-electron chi connectivity index (χ2n) is 3.58. The van der Waals surface area contributed by atoms with E-state index in [1.165, 1.54) is 12.1 Å². The molecule has 4 nitrogen and oxygen atoms in total. The predicted molar refractivity (Wildman–Crippen MR) is 62.2 cm³/mol. The summed E-state index contributed by atoms with van der Waals surface area (Å²) in [4.78, 5) is 0. The van der Waals surface area contributed by atoms with Crippen LogP contribution in [0.25, 0.3) is 11.5 Å². The van der Waals surface area contributed by atoms with Crippen molar-refractivity contribution in [3.05, 3.63) is 34.9 Å². The van der Waals surface area contributed by atoms with Gasteiger partial charge in [0.1, 0.15) is 5.82 Å². The molecule has 2 aromatic rings. The van der Waals surface area contributed by atoms with Gasteiger partial charge in [-0.1, -0.05) is 11.6 Å². The first-order chi connectivity index (χ1) is 8.11. The summed E-state index contributed by atoms with van der Waals surface area (Å²) < 4.78 is 19.0. The fourth-order valence-electron chi connectivity index (χ4n) is 1.30. The molecule has 90 valence electrons. The molecule has 0 saturated heterocycles. The summed E-state index contributed by atoms with van der Waals surface area (Å²) in [5, 5.41) is 10.9. The van der Waals surface area contributed by atoms with Crippen molar-refractivity contribution in [2.45, 2.75) is 13.0 Å². The Kier molecular flexibility index (Phi) is 3.40. The largest absolute Gasteiger partial charge is 0.419 e. The molecule has 1 unspecified atom stereocenters. The highest BCUT2D eigenvalue weighted by atomic mass is 35.5. The molecule has 0 saturated carbocycles. The summed E-state index contributed by atoms with van der Waals surface area (Å²) in [7, 11) is 1.78. The van der Waals surface area contributed by atoms with Gasteiger partial charge in [-0.25, -0.2) is 4.39 Å². The van der Waals surface area contributed by atoms with E-state index in [-0.39, 0.29) is 17.5 Å². The first-order valence-electron chi connectivity index (χ1n) is 5.08. The Labute approximate surface area is 103 Å². The highest BCUT2D eigenvalue weighted by molar-refractivity contribution is 6.30. The van der Waals surface area contributed by atoms with Crippen molar-refractivity contribution in [2.75, 3.05) is 7.05 Å². The van der Waals surface area contributed by atoms with Crippen molar-refractivity contribution < 1.29 is 8.81 Å². The van der Waals surface area contributed by atoms with E-state index in [2.05, 4.69) is 15.5 Å². The second-order valence-corrected chi connectivity index (χ2v) is 4.02. The molecule has 1 aromatic carbocycles. The van der Waals surface area contributed by atoms with Gasteiger partial charge >= 0.3 is 0 Å². The van der Waals surface area contributed by atoms with E-state index >= 15 is 0 Å². The molecule has 0 amide bonds. The van der Waals surface area contributed by atoms with Crippen molar-refractivity contribution in [1.82, 2.24) is 15.5 Å².